The fraction of sp³-hybridized carbons (Fsp3) is 0.0800. The van der Waals surface area contributed by atoms with Gasteiger partial charge in [-0.05, 0) is 58.7 Å². The number of nitriles is 4. The molecule has 0 saturated heterocycles. The maximum Gasteiger partial charge on any atom is 0.142 e. The van der Waals surface area contributed by atoms with Crippen LogP contribution in [-0.4, -0.2) is 19.9 Å². The molecule has 0 fully saturated rings. The Morgan fingerprint density at radius 2 is 0.672 bits per heavy atom. The maximum absolute atomic E-state index is 10.6. The maximum atomic E-state index is 10.6. The van der Waals surface area contributed by atoms with E-state index in [1.807, 2.05) is 133 Å². The van der Waals surface area contributed by atoms with Crippen LogP contribution in [0, 0.1) is 57.2 Å². The molecule has 272 valence electrons. The Hall–Kier alpha value is -8.30. The molecule has 58 heavy (non-hydrogen) atoms. The van der Waals surface area contributed by atoms with Crippen LogP contribution < -0.4 is 0 Å². The Morgan fingerprint density at radius 1 is 0.379 bits per heavy atom. The molecule has 0 saturated carbocycles. The minimum atomic E-state index is -1.24. The zero-order valence-electron chi connectivity index (χ0n) is 31.0. The lowest BCUT2D eigenvalue weighted by molar-refractivity contribution is 0.473. The number of hydrogen-bond donors (Lipinski definition) is 2. The normalized spacial score (nSPS) is 14.4. The highest BCUT2D eigenvalue weighted by atomic mass is 14.8. The number of benzene rings is 4. The first kappa shape index (κ1) is 35.4. The average Bonchev–Trinajstić information content (AvgIpc) is 4.11. The van der Waals surface area contributed by atoms with E-state index in [9.17, 15) is 21.0 Å². The van der Waals surface area contributed by atoms with Crippen LogP contribution in [0.3, 0.4) is 0 Å². The van der Waals surface area contributed by atoms with Crippen molar-refractivity contribution >= 4 is 34.2 Å². The lowest BCUT2D eigenvalue weighted by Crippen LogP contribution is -2.21. The second-order valence-electron chi connectivity index (χ2n) is 14.2. The third kappa shape index (κ3) is 6.09. The summed E-state index contributed by atoms with van der Waals surface area (Å²) in [5, 5.41) is 42.6. The first-order valence-corrected chi connectivity index (χ1v) is 18.9. The molecule has 8 nitrogen and oxygen atoms in total. The number of nitrogens with zero attached hydrogens (tertiary/aromatic N) is 6. The molecule has 0 unspecified atom stereocenters. The van der Waals surface area contributed by atoms with Gasteiger partial charge in [0, 0.05) is 56.2 Å². The van der Waals surface area contributed by atoms with E-state index < -0.39 is 23.7 Å². The van der Waals surface area contributed by atoms with Crippen LogP contribution >= 0.6 is 0 Å². The van der Waals surface area contributed by atoms with Crippen LogP contribution in [0.2, 0.25) is 0 Å². The molecule has 3 aromatic heterocycles. The Balaban J connectivity index is 1.56. The molecule has 2 aliphatic heterocycles. The summed E-state index contributed by atoms with van der Waals surface area (Å²) in [6, 6.07) is 56.5. The molecule has 0 amide bonds. The third-order valence-electron chi connectivity index (χ3n) is 10.9. The standard InChI is InChI=1S/C50H32N8/c51-27-35(28-52)47-48(36(29-53)30-54)50-46(34-19-11-4-12-20-34)42-26-24-40(57-42)44(32-15-7-2-8-16-32)38-22-21-37(55-38)43(31-13-5-1-6-14-31)39-23-25-41(56-39)45(49(47)58-50)33-17-9-3-10-18-33/h1-26,35-36,47-48,56-57H/t47-,48-/m0/s1. The summed E-state index contributed by atoms with van der Waals surface area (Å²) in [7, 11) is 0. The number of aromatic amines is 2. The SMILES string of the molecule is N#CC(C#N)[C@@H]1c2nc(c(-c3ccccc3)c3ccc([nH]3)c(-c3ccccc3)c3nc(c(-c4ccccc4)c4ccc([nH]4)c2-c2ccccc2)C=C3)[C@H]1C(C#N)C#N. The summed E-state index contributed by atoms with van der Waals surface area (Å²) in [5.41, 5.74) is 12.0. The fourth-order valence-electron chi connectivity index (χ4n) is 8.37. The van der Waals surface area contributed by atoms with Crippen molar-refractivity contribution in [3.8, 4) is 68.8 Å². The molecule has 2 atom stereocenters. The van der Waals surface area contributed by atoms with E-state index >= 15 is 0 Å². The molecule has 7 aromatic rings. The molecular weight excluding hydrogens is 713 g/mol. The van der Waals surface area contributed by atoms with E-state index in [2.05, 4.69) is 58.5 Å². The van der Waals surface area contributed by atoms with Crippen LogP contribution in [-0.2, 0) is 0 Å². The van der Waals surface area contributed by atoms with Gasteiger partial charge in [0.15, 0.2) is 0 Å². The van der Waals surface area contributed by atoms with Gasteiger partial charge < -0.3 is 9.97 Å². The van der Waals surface area contributed by atoms with Gasteiger partial charge in [-0.15, -0.1) is 0 Å². The Bertz CT molecular complexity index is 2830. The molecule has 8 bridgehead atoms. The van der Waals surface area contributed by atoms with Crippen LogP contribution in [0.25, 0.3) is 78.7 Å². The predicted molar refractivity (Wildman–Crippen MR) is 227 cm³/mol. The van der Waals surface area contributed by atoms with Crippen LogP contribution in [0.5, 0.6) is 0 Å². The summed E-state index contributed by atoms with van der Waals surface area (Å²) >= 11 is 0. The van der Waals surface area contributed by atoms with Crippen molar-refractivity contribution in [2.45, 2.75) is 11.8 Å². The van der Waals surface area contributed by atoms with E-state index in [-0.39, 0.29) is 0 Å². The lowest BCUT2D eigenvalue weighted by Gasteiger charge is -2.23. The molecule has 0 radical (unpaired) electrons. The highest BCUT2D eigenvalue weighted by Crippen LogP contribution is 2.52. The van der Waals surface area contributed by atoms with Gasteiger partial charge in [-0.2, -0.15) is 21.0 Å². The zero-order valence-corrected chi connectivity index (χ0v) is 31.0. The van der Waals surface area contributed by atoms with Crippen molar-refractivity contribution in [3.05, 3.63) is 168 Å². The van der Waals surface area contributed by atoms with Gasteiger partial charge in [-0.25, -0.2) is 4.98 Å². The molecule has 9 rings (SSSR count). The topological polar surface area (TPSA) is 153 Å². The zero-order chi connectivity index (χ0) is 39.6. The van der Waals surface area contributed by atoms with Gasteiger partial charge in [-0.3, -0.25) is 4.98 Å². The minimum Gasteiger partial charge on any atom is -0.354 e. The van der Waals surface area contributed by atoms with Gasteiger partial charge in [0.1, 0.15) is 11.8 Å². The molecule has 8 heteroatoms. The summed E-state index contributed by atoms with van der Waals surface area (Å²) in [4.78, 5) is 18.2. The highest BCUT2D eigenvalue weighted by Gasteiger charge is 2.46. The summed E-state index contributed by atoms with van der Waals surface area (Å²) in [6.45, 7) is 0. The van der Waals surface area contributed by atoms with E-state index in [1.165, 1.54) is 0 Å². The lowest BCUT2D eigenvalue weighted by atomic mass is 9.72. The first-order chi connectivity index (χ1) is 28.6. The van der Waals surface area contributed by atoms with Crippen molar-refractivity contribution in [1.29, 1.82) is 21.0 Å². The molecule has 2 aliphatic rings. The number of aromatic nitrogens is 4. The number of H-pyrrole nitrogens is 2. The van der Waals surface area contributed by atoms with Gasteiger partial charge in [-0.1, -0.05) is 121 Å². The molecule has 5 heterocycles. The smallest absolute Gasteiger partial charge is 0.142 e. The molecular formula is C50H32N8. The number of rotatable bonds is 6. The van der Waals surface area contributed by atoms with E-state index in [0.717, 1.165) is 55.8 Å². The van der Waals surface area contributed by atoms with E-state index in [4.69, 9.17) is 9.97 Å². The van der Waals surface area contributed by atoms with Crippen molar-refractivity contribution in [1.82, 2.24) is 19.9 Å². The highest BCUT2D eigenvalue weighted by molar-refractivity contribution is 5.97. The molecule has 0 spiro atoms. The van der Waals surface area contributed by atoms with Crippen molar-refractivity contribution in [3.63, 3.8) is 0 Å². The molecule has 0 aliphatic carbocycles. The number of hydrogen-bond acceptors (Lipinski definition) is 6. The number of nitrogens with one attached hydrogen (secondary N) is 2. The largest absolute Gasteiger partial charge is 0.354 e. The quantitative estimate of drug-likeness (QED) is 0.173. The summed E-state index contributed by atoms with van der Waals surface area (Å²) in [5.74, 6) is -4.37. The first-order valence-electron chi connectivity index (χ1n) is 18.9. The van der Waals surface area contributed by atoms with Crippen molar-refractivity contribution in [2.24, 2.45) is 11.8 Å². The predicted octanol–water partition coefficient (Wildman–Crippen LogP) is 11.3. The van der Waals surface area contributed by atoms with Crippen LogP contribution in [0.4, 0.5) is 0 Å². The van der Waals surface area contributed by atoms with Gasteiger partial charge >= 0.3 is 0 Å². The number of fused-ring (bicyclic) bond motifs is 8. The summed E-state index contributed by atoms with van der Waals surface area (Å²) in [6.07, 6.45) is 4.09. The monoisotopic (exact) mass is 744 g/mol. The van der Waals surface area contributed by atoms with Crippen molar-refractivity contribution < 1.29 is 0 Å². The minimum absolute atomic E-state index is 0.446. The van der Waals surface area contributed by atoms with E-state index in [0.29, 0.717) is 33.5 Å². The fourth-order valence-corrected chi connectivity index (χ4v) is 8.37. The Labute approximate surface area is 334 Å². The second-order valence-corrected chi connectivity index (χ2v) is 14.2. The van der Waals surface area contributed by atoms with Gasteiger partial charge in [0.2, 0.25) is 0 Å². The van der Waals surface area contributed by atoms with Crippen LogP contribution in [0.15, 0.2) is 146 Å². The van der Waals surface area contributed by atoms with E-state index in [1.54, 1.807) is 0 Å². The Morgan fingerprint density at radius 3 is 0.983 bits per heavy atom. The van der Waals surface area contributed by atoms with Gasteiger partial charge in [0.05, 0.1) is 47.1 Å². The summed E-state index contributed by atoms with van der Waals surface area (Å²) < 4.78 is 0. The third-order valence-corrected chi connectivity index (χ3v) is 10.9. The Kier molecular flexibility index (Phi) is 9.21. The van der Waals surface area contributed by atoms with Crippen LogP contribution in [0.1, 0.15) is 34.6 Å². The van der Waals surface area contributed by atoms with Gasteiger partial charge in [0.25, 0.3) is 0 Å². The molecule has 2 N–H and O–H groups in total. The average molecular weight is 745 g/mol. The van der Waals surface area contributed by atoms with Crippen molar-refractivity contribution in [2.75, 3.05) is 0 Å². The second kappa shape index (κ2) is 15.1. The molecule has 4 aromatic carbocycles.